The van der Waals surface area contributed by atoms with Gasteiger partial charge in [0.25, 0.3) is 5.91 Å². The second-order valence-corrected chi connectivity index (χ2v) is 7.18. The molecule has 0 aliphatic carbocycles. The van der Waals surface area contributed by atoms with Gasteiger partial charge in [0.1, 0.15) is 0 Å². The van der Waals surface area contributed by atoms with Gasteiger partial charge in [0.2, 0.25) is 11.7 Å². The van der Waals surface area contributed by atoms with Crippen LogP contribution < -0.4 is 4.90 Å². The van der Waals surface area contributed by atoms with Crippen LogP contribution in [0.1, 0.15) is 35.4 Å². The standard InChI is InChI=1S/C20H23N3O4/c1-26-13-12-23-16-5-3-2-4-15(16)20(14-18(23)24)7-10-22(11-8-20)19(25)17-6-9-21-27-17/h2-6,9H,7-8,10-14H2,1H3. The number of benzene rings is 1. The molecule has 2 aromatic rings. The van der Waals surface area contributed by atoms with E-state index in [1.54, 1.807) is 18.1 Å². The summed E-state index contributed by atoms with van der Waals surface area (Å²) in [5, 5.41) is 3.61. The number of ether oxygens (including phenoxy) is 1. The zero-order chi connectivity index (χ0) is 18.9. The zero-order valence-electron chi connectivity index (χ0n) is 15.4. The van der Waals surface area contributed by atoms with Crippen LogP contribution in [-0.4, -0.2) is 55.2 Å². The molecule has 142 valence electrons. The van der Waals surface area contributed by atoms with Crippen LogP contribution in [0.5, 0.6) is 0 Å². The van der Waals surface area contributed by atoms with Gasteiger partial charge in [-0.25, -0.2) is 0 Å². The van der Waals surface area contributed by atoms with E-state index in [9.17, 15) is 9.59 Å². The fraction of sp³-hybridized carbons (Fsp3) is 0.450. The smallest absolute Gasteiger partial charge is 0.292 e. The second-order valence-electron chi connectivity index (χ2n) is 7.18. The van der Waals surface area contributed by atoms with Crippen molar-refractivity contribution in [2.24, 2.45) is 0 Å². The van der Waals surface area contributed by atoms with Gasteiger partial charge in [-0.15, -0.1) is 0 Å². The number of nitrogens with zero attached hydrogens (tertiary/aromatic N) is 3. The van der Waals surface area contributed by atoms with E-state index in [0.29, 0.717) is 32.7 Å². The summed E-state index contributed by atoms with van der Waals surface area (Å²) in [5.74, 6) is 0.247. The number of aromatic nitrogens is 1. The molecule has 7 heteroatoms. The van der Waals surface area contributed by atoms with Crippen LogP contribution in [-0.2, 0) is 14.9 Å². The van der Waals surface area contributed by atoms with E-state index in [1.807, 2.05) is 23.1 Å². The maximum absolute atomic E-state index is 12.9. The van der Waals surface area contributed by atoms with Crippen LogP contribution in [0.15, 0.2) is 41.1 Å². The number of rotatable bonds is 4. The summed E-state index contributed by atoms with van der Waals surface area (Å²) in [7, 11) is 1.64. The minimum absolute atomic E-state index is 0.126. The van der Waals surface area contributed by atoms with Crippen molar-refractivity contribution in [3.63, 3.8) is 0 Å². The van der Waals surface area contributed by atoms with Gasteiger partial charge in [0.15, 0.2) is 0 Å². The molecule has 1 spiro atoms. The van der Waals surface area contributed by atoms with Crippen LogP contribution in [0.2, 0.25) is 0 Å². The molecular formula is C20H23N3O4. The lowest BCUT2D eigenvalue weighted by Crippen LogP contribution is -2.51. The Bertz CT molecular complexity index is 826. The van der Waals surface area contributed by atoms with Crippen molar-refractivity contribution in [2.75, 3.05) is 38.3 Å². The van der Waals surface area contributed by atoms with E-state index in [-0.39, 0.29) is 23.0 Å². The first-order valence-electron chi connectivity index (χ1n) is 9.23. The molecule has 0 atom stereocenters. The number of carbonyl (C=O) groups is 2. The number of hydrogen-bond acceptors (Lipinski definition) is 5. The number of piperidine rings is 1. The molecule has 0 radical (unpaired) electrons. The Labute approximate surface area is 157 Å². The highest BCUT2D eigenvalue weighted by Crippen LogP contribution is 2.47. The number of methoxy groups -OCH3 is 1. The van der Waals surface area contributed by atoms with E-state index in [4.69, 9.17) is 9.26 Å². The summed E-state index contributed by atoms with van der Waals surface area (Å²) in [6.07, 6.45) is 3.46. The Hall–Kier alpha value is -2.67. The maximum Gasteiger partial charge on any atom is 0.292 e. The highest BCUT2D eigenvalue weighted by Gasteiger charge is 2.45. The van der Waals surface area contributed by atoms with Crippen molar-refractivity contribution in [3.8, 4) is 0 Å². The molecule has 4 rings (SSSR count). The van der Waals surface area contributed by atoms with Crippen LogP contribution in [0.4, 0.5) is 5.69 Å². The van der Waals surface area contributed by atoms with Gasteiger partial charge in [-0.2, -0.15) is 0 Å². The number of fused-ring (bicyclic) bond motifs is 2. The quantitative estimate of drug-likeness (QED) is 0.826. The molecule has 2 aliphatic heterocycles. The minimum atomic E-state index is -0.213. The predicted octanol–water partition coefficient (Wildman–Crippen LogP) is 2.23. The van der Waals surface area contributed by atoms with Crippen molar-refractivity contribution in [3.05, 3.63) is 47.9 Å². The van der Waals surface area contributed by atoms with E-state index in [1.165, 1.54) is 11.8 Å². The molecule has 0 N–H and O–H groups in total. The van der Waals surface area contributed by atoms with E-state index in [2.05, 4.69) is 11.2 Å². The normalized spacial score (nSPS) is 18.6. The Balaban J connectivity index is 1.57. The third-order valence-electron chi connectivity index (χ3n) is 5.73. The first kappa shape index (κ1) is 17.7. The van der Waals surface area contributed by atoms with Gasteiger partial charge < -0.3 is 19.1 Å². The van der Waals surface area contributed by atoms with Gasteiger partial charge in [0.05, 0.1) is 12.8 Å². The average molecular weight is 369 g/mol. The number of para-hydroxylation sites is 1. The minimum Gasteiger partial charge on any atom is -0.383 e. The maximum atomic E-state index is 12.9. The molecule has 0 saturated carbocycles. The molecule has 7 nitrogen and oxygen atoms in total. The molecule has 1 aromatic heterocycles. The van der Waals surface area contributed by atoms with Crippen molar-refractivity contribution in [1.82, 2.24) is 10.1 Å². The molecule has 1 fully saturated rings. The molecule has 2 aliphatic rings. The second kappa shape index (κ2) is 7.15. The average Bonchev–Trinajstić information content (AvgIpc) is 3.23. The summed E-state index contributed by atoms with van der Waals surface area (Å²) in [6, 6.07) is 9.70. The third-order valence-corrected chi connectivity index (χ3v) is 5.73. The molecule has 0 unspecified atom stereocenters. The summed E-state index contributed by atoms with van der Waals surface area (Å²) in [4.78, 5) is 29.0. The van der Waals surface area contributed by atoms with E-state index in [0.717, 1.165) is 18.5 Å². The summed E-state index contributed by atoms with van der Waals surface area (Å²) < 4.78 is 10.2. The van der Waals surface area contributed by atoms with Gasteiger partial charge >= 0.3 is 0 Å². The summed E-state index contributed by atoms with van der Waals surface area (Å²) in [6.45, 7) is 2.25. The highest BCUT2D eigenvalue weighted by molar-refractivity contribution is 5.98. The Morgan fingerprint density at radius 2 is 2.04 bits per heavy atom. The largest absolute Gasteiger partial charge is 0.383 e. The monoisotopic (exact) mass is 369 g/mol. The zero-order valence-corrected chi connectivity index (χ0v) is 15.4. The fourth-order valence-corrected chi connectivity index (χ4v) is 4.27. The Kier molecular flexibility index (Phi) is 4.70. The van der Waals surface area contributed by atoms with Crippen molar-refractivity contribution < 1.29 is 18.8 Å². The summed E-state index contributed by atoms with van der Waals surface area (Å²) in [5.41, 5.74) is 1.96. The van der Waals surface area contributed by atoms with Gasteiger partial charge in [-0.05, 0) is 24.5 Å². The number of anilines is 1. The molecule has 3 heterocycles. The van der Waals surface area contributed by atoms with E-state index < -0.39 is 0 Å². The SMILES string of the molecule is COCCN1C(=O)CC2(CCN(C(=O)c3ccno3)CC2)c2ccccc21. The summed E-state index contributed by atoms with van der Waals surface area (Å²) >= 11 is 0. The van der Waals surface area contributed by atoms with Crippen LogP contribution in [0.25, 0.3) is 0 Å². The lowest BCUT2D eigenvalue weighted by molar-refractivity contribution is -0.121. The van der Waals surface area contributed by atoms with Crippen LogP contribution in [0.3, 0.4) is 0 Å². The fourth-order valence-electron chi connectivity index (χ4n) is 4.27. The van der Waals surface area contributed by atoms with Gasteiger partial charge in [0, 0.05) is 50.3 Å². The number of hydrogen-bond donors (Lipinski definition) is 0. The lowest BCUT2D eigenvalue weighted by Gasteiger charge is -2.47. The van der Waals surface area contributed by atoms with E-state index >= 15 is 0 Å². The van der Waals surface area contributed by atoms with Crippen molar-refractivity contribution in [2.45, 2.75) is 24.7 Å². The lowest BCUT2D eigenvalue weighted by atomic mass is 9.67. The molecule has 27 heavy (non-hydrogen) atoms. The number of amides is 2. The predicted molar refractivity (Wildman–Crippen MR) is 98.6 cm³/mol. The molecule has 1 aromatic carbocycles. The molecule has 2 amide bonds. The highest BCUT2D eigenvalue weighted by atomic mass is 16.5. The first-order chi connectivity index (χ1) is 13.1. The van der Waals surface area contributed by atoms with Crippen LogP contribution >= 0.6 is 0 Å². The van der Waals surface area contributed by atoms with Crippen molar-refractivity contribution in [1.29, 1.82) is 0 Å². The Morgan fingerprint density at radius 1 is 1.26 bits per heavy atom. The number of likely N-dealkylation sites (tertiary alicyclic amines) is 1. The van der Waals surface area contributed by atoms with Gasteiger partial charge in [-0.1, -0.05) is 23.4 Å². The third kappa shape index (κ3) is 3.12. The molecule has 1 saturated heterocycles. The molecular weight excluding hydrogens is 346 g/mol. The molecule has 0 bridgehead atoms. The van der Waals surface area contributed by atoms with Gasteiger partial charge in [-0.3, -0.25) is 9.59 Å². The van der Waals surface area contributed by atoms with Crippen LogP contribution in [0, 0.1) is 0 Å². The van der Waals surface area contributed by atoms with Crippen molar-refractivity contribution >= 4 is 17.5 Å². The first-order valence-corrected chi connectivity index (χ1v) is 9.23. The topological polar surface area (TPSA) is 75.9 Å². The Morgan fingerprint density at radius 3 is 2.74 bits per heavy atom. The number of carbonyl (C=O) groups excluding carboxylic acids is 2.